The molecule has 0 N–H and O–H groups in total. The van der Waals surface area contributed by atoms with Crippen molar-refractivity contribution in [3.05, 3.63) is 0 Å². The number of hydrogen-bond donors (Lipinski definition) is 0. The van der Waals surface area contributed by atoms with Gasteiger partial charge < -0.3 is 9.47 Å². The lowest BCUT2D eigenvalue weighted by Gasteiger charge is -2.26. The second-order valence-corrected chi connectivity index (χ2v) is 3.00. The largest absolute Gasteiger partial charge is 0.382 e. The highest BCUT2D eigenvalue weighted by atomic mass is 16.5. The average molecular weight is 173 g/mol. The number of hydrogen-bond acceptors (Lipinski definition) is 3. The molecule has 72 valence electrons. The zero-order valence-electron chi connectivity index (χ0n) is 7.92. The molecular weight excluding hydrogens is 154 g/mol. The molecule has 12 heavy (non-hydrogen) atoms. The third-order valence-electron chi connectivity index (χ3n) is 2.07. The normalized spacial score (nSPS) is 19.8. The van der Waals surface area contributed by atoms with E-state index >= 15 is 0 Å². The number of nitrogens with zero attached hydrogens (tertiary/aromatic N) is 1. The van der Waals surface area contributed by atoms with Crippen LogP contribution in [-0.4, -0.2) is 51.0 Å². The van der Waals surface area contributed by atoms with Crippen LogP contribution in [0.5, 0.6) is 0 Å². The highest BCUT2D eigenvalue weighted by Gasteiger charge is 2.08. The summed E-state index contributed by atoms with van der Waals surface area (Å²) < 4.78 is 10.5. The third-order valence-corrected chi connectivity index (χ3v) is 2.07. The first-order chi connectivity index (χ1) is 5.93. The standard InChI is InChI=1S/C9H19NO2/c1-2-11-7-3-4-10-5-8-12-9-6-10/h2-9H2,1H3. The van der Waals surface area contributed by atoms with Gasteiger partial charge in [-0.15, -0.1) is 0 Å². The molecule has 0 unspecified atom stereocenters. The highest BCUT2D eigenvalue weighted by Crippen LogP contribution is 1.97. The van der Waals surface area contributed by atoms with Gasteiger partial charge in [-0.05, 0) is 13.3 Å². The fraction of sp³-hybridized carbons (Fsp3) is 1.00. The molecule has 3 nitrogen and oxygen atoms in total. The summed E-state index contributed by atoms with van der Waals surface area (Å²) in [7, 11) is 0. The SMILES string of the molecule is CCOCCCN1CCOCC1. The topological polar surface area (TPSA) is 21.7 Å². The van der Waals surface area contributed by atoms with Crippen LogP contribution < -0.4 is 0 Å². The first-order valence-electron chi connectivity index (χ1n) is 4.81. The number of ether oxygens (including phenoxy) is 2. The molecule has 0 radical (unpaired) electrons. The number of rotatable bonds is 5. The van der Waals surface area contributed by atoms with Gasteiger partial charge in [0.15, 0.2) is 0 Å². The van der Waals surface area contributed by atoms with Crippen LogP contribution in [0, 0.1) is 0 Å². The quantitative estimate of drug-likeness (QED) is 0.572. The molecule has 0 aromatic carbocycles. The molecule has 0 bridgehead atoms. The molecule has 1 fully saturated rings. The smallest absolute Gasteiger partial charge is 0.0594 e. The Bertz CT molecular complexity index is 103. The zero-order valence-corrected chi connectivity index (χ0v) is 7.92. The van der Waals surface area contributed by atoms with E-state index < -0.39 is 0 Å². The van der Waals surface area contributed by atoms with E-state index in [9.17, 15) is 0 Å². The van der Waals surface area contributed by atoms with Crippen molar-refractivity contribution in [1.82, 2.24) is 4.90 Å². The lowest BCUT2D eigenvalue weighted by molar-refractivity contribution is 0.0325. The Kier molecular flexibility index (Phi) is 5.32. The molecule has 0 aromatic rings. The van der Waals surface area contributed by atoms with Crippen LogP contribution in [0.1, 0.15) is 13.3 Å². The highest BCUT2D eigenvalue weighted by molar-refractivity contribution is 4.60. The Balaban J connectivity index is 1.91. The lowest BCUT2D eigenvalue weighted by Crippen LogP contribution is -2.37. The van der Waals surface area contributed by atoms with Crippen LogP contribution in [-0.2, 0) is 9.47 Å². The van der Waals surface area contributed by atoms with Crippen LogP contribution in [0.2, 0.25) is 0 Å². The predicted octanol–water partition coefficient (Wildman–Crippen LogP) is 0.745. The molecule has 1 aliphatic heterocycles. The predicted molar refractivity (Wildman–Crippen MR) is 48.4 cm³/mol. The molecule has 0 aliphatic carbocycles. The van der Waals surface area contributed by atoms with Crippen LogP contribution in [0.3, 0.4) is 0 Å². The summed E-state index contributed by atoms with van der Waals surface area (Å²) in [4.78, 5) is 2.43. The maximum absolute atomic E-state index is 5.27. The molecular formula is C9H19NO2. The van der Waals surface area contributed by atoms with Gasteiger partial charge >= 0.3 is 0 Å². The van der Waals surface area contributed by atoms with Crippen molar-refractivity contribution in [3.8, 4) is 0 Å². The van der Waals surface area contributed by atoms with E-state index in [-0.39, 0.29) is 0 Å². The van der Waals surface area contributed by atoms with Crippen LogP contribution in [0.4, 0.5) is 0 Å². The maximum atomic E-state index is 5.27. The van der Waals surface area contributed by atoms with Gasteiger partial charge in [-0.25, -0.2) is 0 Å². The monoisotopic (exact) mass is 173 g/mol. The van der Waals surface area contributed by atoms with E-state index in [2.05, 4.69) is 4.90 Å². The van der Waals surface area contributed by atoms with Crippen LogP contribution in [0.25, 0.3) is 0 Å². The molecule has 0 amide bonds. The van der Waals surface area contributed by atoms with Crippen LogP contribution >= 0.6 is 0 Å². The Morgan fingerprint density at radius 1 is 1.33 bits per heavy atom. The molecule has 0 aromatic heterocycles. The molecule has 0 atom stereocenters. The second-order valence-electron chi connectivity index (χ2n) is 3.00. The van der Waals surface area contributed by atoms with Crippen molar-refractivity contribution < 1.29 is 9.47 Å². The molecule has 1 saturated heterocycles. The van der Waals surface area contributed by atoms with Crippen molar-refractivity contribution in [2.75, 3.05) is 46.1 Å². The zero-order chi connectivity index (χ0) is 8.65. The van der Waals surface area contributed by atoms with Gasteiger partial charge in [-0.2, -0.15) is 0 Å². The molecule has 1 heterocycles. The van der Waals surface area contributed by atoms with Gasteiger partial charge in [-0.1, -0.05) is 0 Å². The molecule has 1 aliphatic rings. The first kappa shape index (κ1) is 9.96. The van der Waals surface area contributed by atoms with E-state index in [1.807, 2.05) is 6.92 Å². The van der Waals surface area contributed by atoms with Crippen molar-refractivity contribution in [2.24, 2.45) is 0 Å². The van der Waals surface area contributed by atoms with Crippen molar-refractivity contribution in [1.29, 1.82) is 0 Å². The van der Waals surface area contributed by atoms with Gasteiger partial charge in [0.2, 0.25) is 0 Å². The molecule has 0 saturated carbocycles. The molecule has 0 spiro atoms. The van der Waals surface area contributed by atoms with E-state index in [1.165, 1.54) is 0 Å². The van der Waals surface area contributed by atoms with E-state index in [1.54, 1.807) is 0 Å². The van der Waals surface area contributed by atoms with Gasteiger partial charge in [-0.3, -0.25) is 4.90 Å². The van der Waals surface area contributed by atoms with Crippen molar-refractivity contribution >= 4 is 0 Å². The average Bonchev–Trinajstić information content (AvgIpc) is 2.14. The maximum Gasteiger partial charge on any atom is 0.0594 e. The van der Waals surface area contributed by atoms with E-state index in [0.717, 1.165) is 52.5 Å². The van der Waals surface area contributed by atoms with Gasteiger partial charge in [0.25, 0.3) is 0 Å². The summed E-state index contributed by atoms with van der Waals surface area (Å²) in [5, 5.41) is 0. The summed E-state index contributed by atoms with van der Waals surface area (Å²) in [6.45, 7) is 8.90. The summed E-state index contributed by atoms with van der Waals surface area (Å²) >= 11 is 0. The fourth-order valence-electron chi connectivity index (χ4n) is 1.36. The minimum atomic E-state index is 0.836. The molecule has 3 heteroatoms. The Morgan fingerprint density at radius 2 is 2.08 bits per heavy atom. The van der Waals surface area contributed by atoms with E-state index in [0.29, 0.717) is 0 Å². The second kappa shape index (κ2) is 6.40. The number of morpholine rings is 1. The Hall–Kier alpha value is -0.120. The third kappa shape index (κ3) is 4.04. The Labute approximate surface area is 74.6 Å². The fourth-order valence-corrected chi connectivity index (χ4v) is 1.36. The minimum Gasteiger partial charge on any atom is -0.382 e. The van der Waals surface area contributed by atoms with E-state index in [4.69, 9.17) is 9.47 Å². The van der Waals surface area contributed by atoms with Crippen LogP contribution in [0.15, 0.2) is 0 Å². The minimum absolute atomic E-state index is 0.836. The summed E-state index contributed by atoms with van der Waals surface area (Å²) in [6, 6.07) is 0. The lowest BCUT2D eigenvalue weighted by atomic mass is 10.3. The van der Waals surface area contributed by atoms with Crippen molar-refractivity contribution in [3.63, 3.8) is 0 Å². The van der Waals surface area contributed by atoms with Gasteiger partial charge in [0.05, 0.1) is 13.2 Å². The first-order valence-corrected chi connectivity index (χ1v) is 4.81. The van der Waals surface area contributed by atoms with Gasteiger partial charge in [0, 0.05) is 32.8 Å². The summed E-state index contributed by atoms with van der Waals surface area (Å²) in [6.07, 6.45) is 1.15. The molecule has 1 rings (SSSR count). The summed E-state index contributed by atoms with van der Waals surface area (Å²) in [5.41, 5.74) is 0. The summed E-state index contributed by atoms with van der Waals surface area (Å²) in [5.74, 6) is 0. The van der Waals surface area contributed by atoms with Gasteiger partial charge in [0.1, 0.15) is 0 Å². The van der Waals surface area contributed by atoms with Crippen molar-refractivity contribution in [2.45, 2.75) is 13.3 Å². The Morgan fingerprint density at radius 3 is 2.75 bits per heavy atom.